The maximum Gasteiger partial charge on any atom is 0.231 e. The van der Waals surface area contributed by atoms with E-state index in [2.05, 4.69) is 61.9 Å². The maximum atomic E-state index is 5.60. The molecular weight excluding hydrogens is 526 g/mol. The van der Waals surface area contributed by atoms with Crippen LogP contribution in [-0.2, 0) is 13.1 Å². The molecule has 4 aromatic heterocycles. The third kappa shape index (κ3) is 4.42. The number of imidazole rings is 1. The number of benzene rings is 3. The number of ether oxygens (including phenoxy) is 2. The first-order chi connectivity index (χ1) is 20.8. The number of para-hydroxylation sites is 1. The fraction of sp³-hybridized carbons (Fsp3) is 0.0909. The molecular formula is C33H25N7O2. The van der Waals surface area contributed by atoms with Crippen LogP contribution in [0.5, 0.6) is 11.5 Å². The van der Waals surface area contributed by atoms with Crippen molar-refractivity contribution in [2.75, 3.05) is 6.79 Å². The Kier molecular flexibility index (Phi) is 5.86. The number of nitrogens with one attached hydrogen (secondary N) is 3. The van der Waals surface area contributed by atoms with Crippen molar-refractivity contribution in [3.05, 3.63) is 108 Å². The Hall–Kier alpha value is -5.54. The molecule has 0 aliphatic carbocycles. The highest BCUT2D eigenvalue weighted by Crippen LogP contribution is 2.38. The second-order valence-corrected chi connectivity index (χ2v) is 10.2. The molecule has 42 heavy (non-hydrogen) atoms. The van der Waals surface area contributed by atoms with Crippen molar-refractivity contribution in [2.45, 2.75) is 13.1 Å². The van der Waals surface area contributed by atoms with Crippen LogP contribution in [0.3, 0.4) is 0 Å². The monoisotopic (exact) mass is 551 g/mol. The summed E-state index contributed by atoms with van der Waals surface area (Å²) in [6, 6.07) is 28.5. The largest absolute Gasteiger partial charge is 0.454 e. The molecule has 1 aliphatic heterocycles. The van der Waals surface area contributed by atoms with Crippen LogP contribution in [-0.4, -0.2) is 36.9 Å². The standard InChI is InChI=1S/C33H25N7O2/c1-2-5-20(6-3-1)15-34-16-21-13-23(18-35-17-21)25-10-11-27-31(36-25)32(40-39-27)33-37-26-8-4-7-24(30(26)38-33)22-9-12-28-29(14-22)42-19-41-28/h1-14,17-18,34H,15-16,19H2,(H,37,38)(H,39,40). The van der Waals surface area contributed by atoms with E-state index in [1.54, 1.807) is 0 Å². The van der Waals surface area contributed by atoms with E-state index in [0.29, 0.717) is 18.1 Å². The molecule has 3 aromatic carbocycles. The summed E-state index contributed by atoms with van der Waals surface area (Å²) in [4.78, 5) is 17.9. The van der Waals surface area contributed by atoms with Crippen molar-refractivity contribution >= 4 is 22.1 Å². The van der Waals surface area contributed by atoms with Gasteiger partial charge in [0.15, 0.2) is 23.0 Å². The first-order valence-electron chi connectivity index (χ1n) is 13.7. The number of fused-ring (bicyclic) bond motifs is 3. The summed E-state index contributed by atoms with van der Waals surface area (Å²) in [7, 11) is 0. The zero-order chi connectivity index (χ0) is 27.9. The number of H-pyrrole nitrogens is 2. The van der Waals surface area contributed by atoms with Crippen molar-refractivity contribution in [3.63, 3.8) is 0 Å². The van der Waals surface area contributed by atoms with Crippen molar-refractivity contribution in [1.82, 2.24) is 35.5 Å². The van der Waals surface area contributed by atoms with E-state index in [1.807, 2.05) is 60.9 Å². The average molecular weight is 552 g/mol. The molecule has 9 heteroatoms. The van der Waals surface area contributed by atoms with Gasteiger partial charge in [-0.15, -0.1) is 0 Å². The van der Waals surface area contributed by atoms with Crippen LogP contribution in [0.2, 0.25) is 0 Å². The van der Waals surface area contributed by atoms with Gasteiger partial charge < -0.3 is 19.8 Å². The number of pyridine rings is 2. The number of rotatable bonds is 7. The smallest absolute Gasteiger partial charge is 0.231 e. The number of hydrogen-bond donors (Lipinski definition) is 3. The van der Waals surface area contributed by atoms with Gasteiger partial charge in [-0.1, -0.05) is 48.5 Å². The summed E-state index contributed by atoms with van der Waals surface area (Å²) < 4.78 is 11.1. The van der Waals surface area contributed by atoms with Crippen molar-refractivity contribution in [1.29, 1.82) is 0 Å². The van der Waals surface area contributed by atoms with E-state index in [4.69, 9.17) is 19.4 Å². The second-order valence-electron chi connectivity index (χ2n) is 10.2. The third-order valence-electron chi connectivity index (χ3n) is 7.42. The summed E-state index contributed by atoms with van der Waals surface area (Å²) in [6.45, 7) is 1.74. The minimum atomic E-state index is 0.238. The van der Waals surface area contributed by atoms with Gasteiger partial charge in [0.05, 0.1) is 22.2 Å². The molecule has 0 fully saturated rings. The molecule has 3 N–H and O–H groups in total. The molecule has 1 aliphatic rings. The topological polar surface area (TPSA) is 114 Å². The lowest BCUT2D eigenvalue weighted by molar-refractivity contribution is 0.174. The van der Waals surface area contributed by atoms with Gasteiger partial charge in [-0.25, -0.2) is 9.97 Å². The van der Waals surface area contributed by atoms with Gasteiger partial charge in [0.25, 0.3) is 0 Å². The van der Waals surface area contributed by atoms with Gasteiger partial charge in [0.1, 0.15) is 5.52 Å². The number of aromatic nitrogens is 6. The minimum absolute atomic E-state index is 0.238. The normalized spacial score (nSPS) is 12.4. The Morgan fingerprint density at radius 3 is 2.57 bits per heavy atom. The van der Waals surface area contributed by atoms with E-state index < -0.39 is 0 Å². The summed E-state index contributed by atoms with van der Waals surface area (Å²) in [5, 5.41) is 11.2. The lowest BCUT2D eigenvalue weighted by atomic mass is 10.0. The molecule has 9 nitrogen and oxygen atoms in total. The molecule has 0 spiro atoms. The molecule has 0 unspecified atom stereocenters. The van der Waals surface area contributed by atoms with Crippen LogP contribution in [0.1, 0.15) is 11.1 Å². The van der Waals surface area contributed by atoms with Crippen LogP contribution in [0.4, 0.5) is 0 Å². The minimum Gasteiger partial charge on any atom is -0.454 e. The Bertz CT molecular complexity index is 2070. The molecule has 0 saturated heterocycles. The highest BCUT2D eigenvalue weighted by atomic mass is 16.7. The van der Waals surface area contributed by atoms with Crippen LogP contribution in [0.15, 0.2) is 97.3 Å². The summed E-state index contributed by atoms with van der Waals surface area (Å²) in [6.07, 6.45) is 3.73. The van der Waals surface area contributed by atoms with E-state index in [9.17, 15) is 0 Å². The van der Waals surface area contributed by atoms with Crippen LogP contribution in [0.25, 0.3) is 56.0 Å². The third-order valence-corrected chi connectivity index (χ3v) is 7.42. The number of hydrogen-bond acceptors (Lipinski definition) is 7. The van der Waals surface area contributed by atoms with Gasteiger partial charge in [0.2, 0.25) is 6.79 Å². The predicted molar refractivity (Wildman–Crippen MR) is 161 cm³/mol. The first-order valence-corrected chi connectivity index (χ1v) is 13.7. The zero-order valence-corrected chi connectivity index (χ0v) is 22.5. The van der Waals surface area contributed by atoms with Gasteiger partial charge in [0, 0.05) is 36.6 Å². The highest BCUT2D eigenvalue weighted by molar-refractivity contribution is 5.96. The molecule has 0 amide bonds. The van der Waals surface area contributed by atoms with Gasteiger partial charge in [-0.05, 0) is 53.1 Å². The number of nitrogens with zero attached hydrogens (tertiary/aromatic N) is 4. The second kappa shape index (κ2) is 10.1. The molecule has 0 atom stereocenters. The van der Waals surface area contributed by atoms with E-state index in [-0.39, 0.29) is 6.79 Å². The molecule has 0 saturated carbocycles. The van der Waals surface area contributed by atoms with E-state index >= 15 is 0 Å². The quantitative estimate of drug-likeness (QED) is 0.215. The fourth-order valence-electron chi connectivity index (χ4n) is 5.34. The van der Waals surface area contributed by atoms with Crippen molar-refractivity contribution in [2.24, 2.45) is 0 Å². The Morgan fingerprint density at radius 2 is 1.62 bits per heavy atom. The van der Waals surface area contributed by atoms with Gasteiger partial charge in [-0.2, -0.15) is 5.10 Å². The molecule has 5 heterocycles. The predicted octanol–water partition coefficient (Wildman–Crippen LogP) is 6.25. The zero-order valence-electron chi connectivity index (χ0n) is 22.5. The molecule has 204 valence electrons. The summed E-state index contributed by atoms with van der Waals surface area (Å²) in [5.41, 5.74) is 10.1. The molecule has 0 bridgehead atoms. The SMILES string of the molecule is c1ccc(CNCc2cncc(-c3ccc4[nH]nc(-c5nc6c(-c7ccc8c(c7)OCO8)cccc6[nH]5)c4n3)c2)cc1. The van der Waals surface area contributed by atoms with Crippen molar-refractivity contribution < 1.29 is 9.47 Å². The average Bonchev–Trinajstić information content (AvgIpc) is 3.79. The maximum absolute atomic E-state index is 5.60. The first kappa shape index (κ1) is 24.3. The lowest BCUT2D eigenvalue weighted by Gasteiger charge is -2.07. The fourth-order valence-corrected chi connectivity index (χ4v) is 5.34. The lowest BCUT2D eigenvalue weighted by Crippen LogP contribution is -2.12. The molecule has 0 radical (unpaired) electrons. The summed E-state index contributed by atoms with van der Waals surface area (Å²) in [5.74, 6) is 2.13. The number of aromatic amines is 2. The highest BCUT2D eigenvalue weighted by Gasteiger charge is 2.19. The van der Waals surface area contributed by atoms with E-state index in [0.717, 1.165) is 68.1 Å². The van der Waals surface area contributed by atoms with Crippen LogP contribution in [0, 0.1) is 0 Å². The van der Waals surface area contributed by atoms with Crippen molar-refractivity contribution in [3.8, 4) is 45.4 Å². The molecule has 8 rings (SSSR count). The Balaban J connectivity index is 1.11. The van der Waals surface area contributed by atoms with Gasteiger partial charge >= 0.3 is 0 Å². The van der Waals surface area contributed by atoms with Gasteiger partial charge in [-0.3, -0.25) is 10.1 Å². The Morgan fingerprint density at radius 1 is 0.714 bits per heavy atom. The van der Waals surface area contributed by atoms with Crippen LogP contribution < -0.4 is 14.8 Å². The molecule has 7 aromatic rings. The van der Waals surface area contributed by atoms with E-state index in [1.165, 1.54) is 5.56 Å². The van der Waals surface area contributed by atoms with Crippen LogP contribution >= 0.6 is 0 Å². The summed E-state index contributed by atoms with van der Waals surface area (Å²) >= 11 is 0. The Labute approximate surface area is 240 Å².